The maximum Gasteiger partial charge on any atom is 0.244 e. The average Bonchev–Trinajstić information content (AvgIpc) is 2.79. The molecular weight excluding hydrogens is 326 g/mol. The van der Waals surface area contributed by atoms with Crippen LogP contribution in [0.5, 0.6) is 0 Å². The Bertz CT molecular complexity index is 605. The van der Waals surface area contributed by atoms with Crippen molar-refractivity contribution in [2.75, 3.05) is 25.4 Å². The maximum absolute atomic E-state index is 12.2. The van der Waals surface area contributed by atoms with Crippen molar-refractivity contribution in [3.05, 3.63) is 35.9 Å². The van der Waals surface area contributed by atoms with E-state index in [1.165, 1.54) is 4.31 Å². The monoisotopic (exact) mass is 347 g/mol. The molecule has 1 fully saturated rings. The number of hydrogen-bond donors (Lipinski definition) is 2. The fraction of sp³-hybridized carbons (Fsp3) is 0.500. The van der Waals surface area contributed by atoms with Gasteiger partial charge in [-0.1, -0.05) is 30.3 Å². The number of halogens is 1. The van der Waals surface area contributed by atoms with Gasteiger partial charge in [0.2, 0.25) is 15.9 Å². The second-order valence-electron chi connectivity index (χ2n) is 5.39. The summed E-state index contributed by atoms with van der Waals surface area (Å²) in [5.74, 6) is -0.121. The van der Waals surface area contributed by atoms with E-state index in [4.69, 9.17) is 5.73 Å². The predicted molar refractivity (Wildman–Crippen MR) is 88.2 cm³/mol. The van der Waals surface area contributed by atoms with Crippen LogP contribution in [-0.4, -0.2) is 44.0 Å². The van der Waals surface area contributed by atoms with E-state index in [9.17, 15) is 13.2 Å². The molecule has 1 saturated heterocycles. The summed E-state index contributed by atoms with van der Waals surface area (Å²) in [5, 5.41) is 2.72. The van der Waals surface area contributed by atoms with Crippen LogP contribution >= 0.6 is 12.4 Å². The fourth-order valence-corrected chi connectivity index (χ4v) is 3.86. The first kappa shape index (κ1) is 18.9. The lowest BCUT2D eigenvalue weighted by molar-refractivity contribution is -0.126. The largest absolute Gasteiger partial charge is 0.353 e. The number of nitrogens with zero attached hydrogens (tertiary/aromatic N) is 1. The van der Waals surface area contributed by atoms with E-state index in [-0.39, 0.29) is 30.6 Å². The van der Waals surface area contributed by atoms with E-state index in [0.717, 1.165) is 5.56 Å². The van der Waals surface area contributed by atoms with Crippen LogP contribution in [0.1, 0.15) is 18.9 Å². The van der Waals surface area contributed by atoms with E-state index < -0.39 is 15.6 Å². The lowest BCUT2D eigenvalue weighted by Gasteiger charge is -2.24. The number of benzene rings is 1. The van der Waals surface area contributed by atoms with Gasteiger partial charge in [0.1, 0.15) is 5.54 Å². The zero-order valence-corrected chi connectivity index (χ0v) is 14.1. The van der Waals surface area contributed by atoms with E-state index in [2.05, 4.69) is 5.32 Å². The lowest BCUT2D eigenvalue weighted by atomic mass is 9.92. The Labute approximate surface area is 137 Å². The smallest absolute Gasteiger partial charge is 0.244 e. The van der Waals surface area contributed by atoms with Gasteiger partial charge in [-0.25, -0.2) is 12.7 Å². The van der Waals surface area contributed by atoms with Crippen LogP contribution in [0.3, 0.4) is 0 Å². The Morgan fingerprint density at radius 2 is 2.00 bits per heavy atom. The second kappa shape index (κ2) is 7.41. The number of sulfonamides is 1. The molecule has 1 aliphatic rings. The van der Waals surface area contributed by atoms with Gasteiger partial charge >= 0.3 is 0 Å². The summed E-state index contributed by atoms with van der Waals surface area (Å²) >= 11 is 0. The van der Waals surface area contributed by atoms with Gasteiger partial charge in [0, 0.05) is 19.6 Å². The molecule has 0 bridgehead atoms. The van der Waals surface area contributed by atoms with Crippen LogP contribution in [0, 0.1) is 0 Å². The number of amides is 1. The highest BCUT2D eigenvalue weighted by Crippen LogP contribution is 2.17. The van der Waals surface area contributed by atoms with Crippen molar-refractivity contribution in [1.82, 2.24) is 9.62 Å². The first-order chi connectivity index (χ1) is 9.84. The quantitative estimate of drug-likeness (QED) is 0.808. The van der Waals surface area contributed by atoms with Gasteiger partial charge in [0.25, 0.3) is 0 Å². The Morgan fingerprint density at radius 1 is 1.36 bits per heavy atom. The number of carbonyl (C=O) groups is 1. The molecule has 1 atom stereocenters. The molecule has 1 unspecified atom stereocenters. The molecular formula is C14H22ClN3O3S. The van der Waals surface area contributed by atoms with Gasteiger partial charge in [-0.15, -0.1) is 12.4 Å². The van der Waals surface area contributed by atoms with Crippen molar-refractivity contribution >= 4 is 28.3 Å². The van der Waals surface area contributed by atoms with E-state index >= 15 is 0 Å². The van der Waals surface area contributed by atoms with Crippen molar-refractivity contribution in [2.45, 2.75) is 18.9 Å². The molecule has 3 N–H and O–H groups in total. The highest BCUT2D eigenvalue weighted by molar-refractivity contribution is 7.89. The van der Waals surface area contributed by atoms with Crippen LogP contribution in [0.25, 0.3) is 0 Å². The average molecular weight is 348 g/mol. The molecule has 1 amide bonds. The molecule has 1 heterocycles. The molecule has 0 radical (unpaired) electrons. The number of nitrogens with two attached hydrogens (primary N) is 1. The molecule has 1 aliphatic heterocycles. The van der Waals surface area contributed by atoms with Crippen molar-refractivity contribution in [3.63, 3.8) is 0 Å². The molecule has 2 rings (SSSR count). The standard InChI is InChI=1S/C14H21N3O3S.ClH/c1-14(15,12-6-3-2-4-7-12)13(18)16-8-10-17-9-5-11-21(17,19)20;/h2-4,6-7H,5,8-11,15H2,1H3,(H,16,18);1H. The summed E-state index contributed by atoms with van der Waals surface area (Å²) in [6, 6.07) is 9.10. The van der Waals surface area contributed by atoms with Crippen LogP contribution in [0.4, 0.5) is 0 Å². The first-order valence-electron chi connectivity index (χ1n) is 6.94. The highest BCUT2D eigenvalue weighted by Gasteiger charge is 2.31. The lowest BCUT2D eigenvalue weighted by Crippen LogP contribution is -2.50. The molecule has 0 spiro atoms. The molecule has 6 nitrogen and oxygen atoms in total. The Morgan fingerprint density at radius 3 is 2.55 bits per heavy atom. The summed E-state index contributed by atoms with van der Waals surface area (Å²) < 4.78 is 24.7. The van der Waals surface area contributed by atoms with Crippen molar-refractivity contribution < 1.29 is 13.2 Å². The minimum Gasteiger partial charge on any atom is -0.353 e. The zero-order valence-electron chi connectivity index (χ0n) is 12.5. The molecule has 0 saturated carbocycles. The first-order valence-corrected chi connectivity index (χ1v) is 8.55. The minimum atomic E-state index is -3.12. The third-order valence-electron chi connectivity index (χ3n) is 3.70. The Kier molecular flexibility index (Phi) is 6.37. The fourth-order valence-electron chi connectivity index (χ4n) is 2.34. The van der Waals surface area contributed by atoms with Gasteiger partial charge < -0.3 is 11.1 Å². The predicted octanol–water partition coefficient (Wildman–Crippen LogP) is 0.434. The Hall–Kier alpha value is -1.15. The van der Waals surface area contributed by atoms with Gasteiger partial charge in [0.15, 0.2) is 0 Å². The van der Waals surface area contributed by atoms with Gasteiger partial charge in [-0.05, 0) is 18.9 Å². The van der Waals surface area contributed by atoms with Crippen molar-refractivity contribution in [3.8, 4) is 0 Å². The number of carbonyl (C=O) groups excluding carboxylic acids is 1. The number of rotatable bonds is 5. The molecule has 124 valence electrons. The van der Waals surface area contributed by atoms with Gasteiger partial charge in [-0.3, -0.25) is 4.79 Å². The molecule has 0 aromatic heterocycles. The zero-order chi connectivity index (χ0) is 15.5. The van der Waals surface area contributed by atoms with Gasteiger partial charge in [0.05, 0.1) is 5.75 Å². The summed E-state index contributed by atoms with van der Waals surface area (Å²) in [7, 11) is -3.12. The number of nitrogens with one attached hydrogen (secondary N) is 1. The molecule has 22 heavy (non-hydrogen) atoms. The SMILES string of the molecule is CC(N)(C(=O)NCCN1CCCS1(=O)=O)c1ccccc1.Cl. The minimum absolute atomic E-state index is 0. The third kappa shape index (κ3) is 4.19. The van der Waals surface area contributed by atoms with Gasteiger partial charge in [-0.2, -0.15) is 0 Å². The van der Waals surface area contributed by atoms with Crippen LogP contribution in [0.2, 0.25) is 0 Å². The normalized spacial score (nSPS) is 19.9. The Balaban J connectivity index is 0.00000242. The maximum atomic E-state index is 12.2. The van der Waals surface area contributed by atoms with Crippen LogP contribution in [0.15, 0.2) is 30.3 Å². The number of hydrogen-bond acceptors (Lipinski definition) is 4. The summed E-state index contributed by atoms with van der Waals surface area (Å²) in [5.41, 5.74) is 5.67. The molecule has 8 heteroatoms. The topological polar surface area (TPSA) is 92.5 Å². The third-order valence-corrected chi connectivity index (χ3v) is 5.65. The molecule has 1 aromatic rings. The van der Waals surface area contributed by atoms with E-state index in [1.807, 2.05) is 18.2 Å². The van der Waals surface area contributed by atoms with Crippen LogP contribution in [-0.2, 0) is 20.4 Å². The van der Waals surface area contributed by atoms with Crippen molar-refractivity contribution in [2.24, 2.45) is 5.73 Å². The molecule has 1 aromatic carbocycles. The summed E-state index contributed by atoms with van der Waals surface area (Å²) in [6.07, 6.45) is 0.648. The summed E-state index contributed by atoms with van der Waals surface area (Å²) in [6.45, 7) is 2.72. The highest BCUT2D eigenvalue weighted by atomic mass is 35.5. The van der Waals surface area contributed by atoms with E-state index in [0.29, 0.717) is 19.5 Å². The van der Waals surface area contributed by atoms with Crippen molar-refractivity contribution in [1.29, 1.82) is 0 Å². The van der Waals surface area contributed by atoms with Crippen LogP contribution < -0.4 is 11.1 Å². The second-order valence-corrected chi connectivity index (χ2v) is 7.48. The summed E-state index contributed by atoms with van der Waals surface area (Å²) in [4.78, 5) is 12.2. The van der Waals surface area contributed by atoms with E-state index in [1.54, 1.807) is 19.1 Å². The molecule has 0 aliphatic carbocycles.